The van der Waals surface area contributed by atoms with Crippen LogP contribution in [0.25, 0.3) is 0 Å². The van der Waals surface area contributed by atoms with Gasteiger partial charge in [-0.25, -0.2) is 4.39 Å². The summed E-state index contributed by atoms with van der Waals surface area (Å²) in [5, 5.41) is 3.96. The zero-order valence-corrected chi connectivity index (χ0v) is 13.0. The molecule has 0 aliphatic carbocycles. The molecule has 1 N–H and O–H groups in total. The lowest BCUT2D eigenvalue weighted by molar-refractivity contribution is 0.0957. The molecule has 0 aliphatic heterocycles. The predicted octanol–water partition coefficient (Wildman–Crippen LogP) is 3.10. The molecule has 0 heterocycles. The summed E-state index contributed by atoms with van der Waals surface area (Å²) in [6.45, 7) is 8.12. The zero-order chi connectivity index (χ0) is 13.9. The fourth-order valence-corrected chi connectivity index (χ4v) is 3.77. The van der Waals surface area contributed by atoms with E-state index >= 15 is 0 Å². The number of carbonyl (C=O) groups is 1. The van der Waals surface area contributed by atoms with E-state index in [4.69, 9.17) is 11.6 Å². The van der Waals surface area contributed by atoms with Crippen molar-refractivity contribution in [1.29, 1.82) is 0 Å². The number of nitrogens with one attached hydrogen (secondary N) is 1. The molecule has 0 aliphatic rings. The third-order valence-electron chi connectivity index (χ3n) is 2.74. The van der Waals surface area contributed by atoms with Crippen molar-refractivity contribution in [3.8, 4) is 0 Å². The van der Waals surface area contributed by atoms with E-state index in [1.807, 2.05) is 13.0 Å². The van der Waals surface area contributed by atoms with Crippen LogP contribution in [0.1, 0.15) is 22.8 Å². The minimum absolute atomic E-state index is 0.213. The first-order valence-corrected chi connectivity index (χ1v) is 9.86. The number of hydrogen-bond donors (Lipinski definition) is 1. The molecule has 0 saturated carbocycles. The van der Waals surface area contributed by atoms with E-state index in [1.54, 1.807) is 6.07 Å². The summed E-state index contributed by atoms with van der Waals surface area (Å²) >= 11 is 6.17. The summed E-state index contributed by atoms with van der Waals surface area (Å²) in [6.07, 6.45) is 0. The van der Waals surface area contributed by atoms with Crippen LogP contribution in [-0.4, -0.2) is 20.5 Å². The van der Waals surface area contributed by atoms with Crippen LogP contribution in [0.4, 0.5) is 4.39 Å². The van der Waals surface area contributed by atoms with Crippen LogP contribution in [0.5, 0.6) is 0 Å². The number of alkyl halides is 1. The molecule has 1 rings (SSSR count). The molecule has 0 unspecified atom stereocenters. The van der Waals surface area contributed by atoms with Crippen molar-refractivity contribution in [2.24, 2.45) is 0 Å². The molecule has 1 aromatic carbocycles. The zero-order valence-electron chi connectivity index (χ0n) is 11.2. The smallest absolute Gasteiger partial charge is 0.252 e. The van der Waals surface area contributed by atoms with Crippen LogP contribution in [0.3, 0.4) is 0 Å². The molecule has 1 amide bonds. The summed E-state index contributed by atoms with van der Waals surface area (Å²) in [4.78, 5) is 12.1. The van der Waals surface area contributed by atoms with Gasteiger partial charge in [0, 0.05) is 12.1 Å². The van der Waals surface area contributed by atoms with Gasteiger partial charge in [0.1, 0.15) is 6.67 Å². The monoisotopic (exact) mass is 287 g/mol. The highest BCUT2D eigenvalue weighted by molar-refractivity contribution is 6.89. The largest absolute Gasteiger partial charge is 0.352 e. The Morgan fingerprint density at radius 1 is 1.39 bits per heavy atom. The standard InChI is InChI=1S/C13H19ClFNOSi/c1-5-16-13(17)11-10(18(2,3)4)7-6-9(8-15)12(11)14/h6-7H,5,8H2,1-4H3,(H,16,17). The number of amides is 1. The normalized spacial score (nSPS) is 11.4. The molecule has 1 aromatic rings. The van der Waals surface area contributed by atoms with Gasteiger partial charge in [-0.05, 0) is 12.1 Å². The van der Waals surface area contributed by atoms with Gasteiger partial charge in [-0.3, -0.25) is 4.79 Å². The van der Waals surface area contributed by atoms with E-state index in [0.717, 1.165) is 5.19 Å². The van der Waals surface area contributed by atoms with Crippen molar-refractivity contribution in [1.82, 2.24) is 5.32 Å². The van der Waals surface area contributed by atoms with Gasteiger partial charge in [0.25, 0.3) is 5.91 Å². The topological polar surface area (TPSA) is 29.1 Å². The lowest BCUT2D eigenvalue weighted by Crippen LogP contribution is -2.43. The van der Waals surface area contributed by atoms with Gasteiger partial charge < -0.3 is 5.32 Å². The van der Waals surface area contributed by atoms with E-state index in [0.29, 0.717) is 17.7 Å². The summed E-state index contributed by atoms with van der Waals surface area (Å²) < 4.78 is 12.8. The Hall–Kier alpha value is -0.873. The summed E-state index contributed by atoms with van der Waals surface area (Å²) in [5.41, 5.74) is 0.827. The Kier molecular flexibility index (Phi) is 4.93. The third-order valence-corrected chi connectivity index (χ3v) is 5.20. The van der Waals surface area contributed by atoms with Gasteiger partial charge in [-0.1, -0.05) is 43.4 Å². The Bertz CT molecular complexity index is 457. The van der Waals surface area contributed by atoms with Crippen LogP contribution in [-0.2, 0) is 6.67 Å². The first-order valence-electron chi connectivity index (χ1n) is 5.99. The van der Waals surface area contributed by atoms with Crippen molar-refractivity contribution in [2.45, 2.75) is 33.2 Å². The first kappa shape index (κ1) is 15.2. The quantitative estimate of drug-likeness (QED) is 0.847. The average molecular weight is 288 g/mol. The second kappa shape index (κ2) is 5.84. The highest BCUT2D eigenvalue weighted by Gasteiger charge is 2.26. The Morgan fingerprint density at radius 2 is 2.00 bits per heavy atom. The molecular formula is C13H19ClFNOSi. The second-order valence-electron chi connectivity index (χ2n) is 5.20. The van der Waals surface area contributed by atoms with Crippen LogP contribution < -0.4 is 10.5 Å². The fraction of sp³-hybridized carbons (Fsp3) is 0.462. The Balaban J connectivity index is 3.45. The molecule has 5 heteroatoms. The van der Waals surface area contributed by atoms with Crippen LogP contribution in [0.2, 0.25) is 24.7 Å². The number of halogens is 2. The lowest BCUT2D eigenvalue weighted by atomic mass is 10.1. The Labute approximate surface area is 114 Å². The van der Waals surface area contributed by atoms with Gasteiger partial charge in [0.2, 0.25) is 0 Å². The van der Waals surface area contributed by atoms with E-state index in [2.05, 4.69) is 25.0 Å². The van der Waals surface area contributed by atoms with Gasteiger partial charge >= 0.3 is 0 Å². The number of carbonyl (C=O) groups excluding carboxylic acids is 1. The lowest BCUT2D eigenvalue weighted by Gasteiger charge is -2.22. The van der Waals surface area contributed by atoms with E-state index < -0.39 is 14.7 Å². The van der Waals surface area contributed by atoms with Crippen molar-refractivity contribution >= 4 is 30.8 Å². The molecular weight excluding hydrogens is 269 g/mol. The molecule has 0 bridgehead atoms. The molecule has 18 heavy (non-hydrogen) atoms. The van der Waals surface area contributed by atoms with Crippen LogP contribution in [0.15, 0.2) is 12.1 Å². The summed E-state index contributed by atoms with van der Waals surface area (Å²) in [5.74, 6) is -0.213. The highest BCUT2D eigenvalue weighted by Crippen LogP contribution is 2.23. The molecule has 0 aromatic heterocycles. The summed E-state index contributed by atoms with van der Waals surface area (Å²) in [7, 11) is -1.70. The molecule has 0 atom stereocenters. The molecule has 2 nitrogen and oxygen atoms in total. The van der Waals surface area contributed by atoms with Gasteiger partial charge in [-0.2, -0.15) is 0 Å². The van der Waals surface area contributed by atoms with Gasteiger partial charge in [-0.15, -0.1) is 0 Å². The summed E-state index contributed by atoms with van der Waals surface area (Å²) in [6, 6.07) is 3.52. The highest BCUT2D eigenvalue weighted by atomic mass is 35.5. The minimum Gasteiger partial charge on any atom is -0.352 e. The van der Waals surface area contributed by atoms with Gasteiger partial charge in [0.15, 0.2) is 0 Å². The van der Waals surface area contributed by atoms with Crippen molar-refractivity contribution < 1.29 is 9.18 Å². The van der Waals surface area contributed by atoms with E-state index in [-0.39, 0.29) is 10.9 Å². The maximum Gasteiger partial charge on any atom is 0.252 e. The number of benzene rings is 1. The minimum atomic E-state index is -1.70. The molecule has 0 fully saturated rings. The second-order valence-corrected chi connectivity index (χ2v) is 10.6. The van der Waals surface area contributed by atoms with E-state index in [1.165, 1.54) is 0 Å². The predicted molar refractivity (Wildman–Crippen MR) is 77.3 cm³/mol. The number of rotatable bonds is 4. The molecule has 0 radical (unpaired) electrons. The SMILES string of the molecule is CCNC(=O)c1c([Si](C)(C)C)ccc(CF)c1Cl. The van der Waals surface area contributed by atoms with Crippen molar-refractivity contribution in [2.75, 3.05) is 6.54 Å². The average Bonchev–Trinajstić information content (AvgIpc) is 2.27. The van der Waals surface area contributed by atoms with Crippen LogP contribution in [0, 0.1) is 0 Å². The first-order chi connectivity index (χ1) is 8.32. The number of hydrogen-bond acceptors (Lipinski definition) is 1. The van der Waals surface area contributed by atoms with E-state index in [9.17, 15) is 9.18 Å². The van der Waals surface area contributed by atoms with Crippen molar-refractivity contribution in [3.63, 3.8) is 0 Å². The maximum absolute atomic E-state index is 12.8. The Morgan fingerprint density at radius 3 is 2.44 bits per heavy atom. The molecule has 100 valence electrons. The van der Waals surface area contributed by atoms with Crippen LogP contribution >= 0.6 is 11.6 Å². The molecule has 0 spiro atoms. The third kappa shape index (κ3) is 3.12. The fourth-order valence-electron chi connectivity index (χ4n) is 1.82. The van der Waals surface area contributed by atoms with Gasteiger partial charge in [0.05, 0.1) is 18.7 Å². The maximum atomic E-state index is 12.8. The van der Waals surface area contributed by atoms with Crippen molar-refractivity contribution in [3.05, 3.63) is 28.3 Å². The molecule has 0 saturated heterocycles.